The zero-order chi connectivity index (χ0) is 22.2. The van der Waals surface area contributed by atoms with E-state index in [1.54, 1.807) is 48.8 Å². The summed E-state index contributed by atoms with van der Waals surface area (Å²) in [4.78, 5) is 21.5. The van der Waals surface area contributed by atoms with Gasteiger partial charge in [-0.3, -0.25) is 14.8 Å². The zero-order valence-electron chi connectivity index (χ0n) is 17.2. The predicted octanol–water partition coefficient (Wildman–Crippen LogP) is 7.09. The molecule has 0 saturated heterocycles. The Kier molecular flexibility index (Phi) is 6.85. The van der Waals surface area contributed by atoms with Gasteiger partial charge in [0.1, 0.15) is 0 Å². The van der Waals surface area contributed by atoms with Crippen molar-refractivity contribution >= 4 is 47.0 Å². The third-order valence-electron chi connectivity index (χ3n) is 4.65. The predicted molar refractivity (Wildman–Crippen MR) is 133 cm³/mol. The Balaban J connectivity index is 1.40. The van der Waals surface area contributed by atoms with Gasteiger partial charge in [0.05, 0.1) is 22.1 Å². The number of nitrogens with one attached hydrogen (secondary N) is 1. The molecule has 5 heteroatoms. The molecule has 0 spiro atoms. The van der Waals surface area contributed by atoms with Crippen LogP contribution in [0.4, 0.5) is 17.1 Å². The van der Waals surface area contributed by atoms with E-state index < -0.39 is 0 Å². The Morgan fingerprint density at radius 3 is 1.78 bits per heavy atom. The summed E-state index contributed by atoms with van der Waals surface area (Å²) in [5, 5.41) is 3.27. The third-order valence-corrected chi connectivity index (χ3v) is 4.97. The average molecular weight is 438 g/mol. The van der Waals surface area contributed by atoms with Crippen LogP contribution in [0.2, 0.25) is 5.02 Å². The molecular formula is C27H20ClN3O. The number of benzene rings is 4. The number of hydrogen-bond donors (Lipinski definition) is 1. The van der Waals surface area contributed by atoms with Crippen LogP contribution in [0.3, 0.4) is 0 Å². The molecule has 0 atom stereocenters. The molecule has 1 amide bonds. The smallest absolute Gasteiger partial charge is 0.255 e. The molecule has 0 fully saturated rings. The topological polar surface area (TPSA) is 53.8 Å². The molecule has 4 aromatic rings. The summed E-state index contributed by atoms with van der Waals surface area (Å²) >= 11 is 6.36. The second-order valence-corrected chi connectivity index (χ2v) is 7.41. The van der Waals surface area contributed by atoms with Gasteiger partial charge in [-0.15, -0.1) is 0 Å². The molecule has 0 aliphatic carbocycles. The molecule has 156 valence electrons. The van der Waals surface area contributed by atoms with E-state index in [-0.39, 0.29) is 5.91 Å². The molecule has 0 aromatic heterocycles. The summed E-state index contributed by atoms with van der Waals surface area (Å²) in [7, 11) is 0. The van der Waals surface area contributed by atoms with E-state index in [9.17, 15) is 4.79 Å². The van der Waals surface area contributed by atoms with Gasteiger partial charge in [0.15, 0.2) is 0 Å². The molecule has 4 nitrogen and oxygen atoms in total. The second-order valence-electron chi connectivity index (χ2n) is 7.00. The molecule has 0 bridgehead atoms. The van der Waals surface area contributed by atoms with E-state index in [1.165, 1.54) is 0 Å². The normalized spacial score (nSPS) is 11.2. The fourth-order valence-corrected chi connectivity index (χ4v) is 3.18. The van der Waals surface area contributed by atoms with Gasteiger partial charge in [0.2, 0.25) is 0 Å². The number of rotatable bonds is 6. The van der Waals surface area contributed by atoms with Gasteiger partial charge >= 0.3 is 0 Å². The molecule has 0 aliphatic heterocycles. The average Bonchev–Trinajstić information content (AvgIpc) is 2.84. The molecule has 4 aromatic carbocycles. The van der Waals surface area contributed by atoms with Crippen molar-refractivity contribution in [3.63, 3.8) is 0 Å². The number of halogens is 1. The lowest BCUT2D eigenvalue weighted by molar-refractivity contribution is 0.102. The van der Waals surface area contributed by atoms with Crippen LogP contribution in [0.25, 0.3) is 0 Å². The van der Waals surface area contributed by atoms with Crippen molar-refractivity contribution in [2.75, 3.05) is 5.32 Å². The van der Waals surface area contributed by atoms with Gasteiger partial charge in [0, 0.05) is 18.0 Å². The quantitative estimate of drug-likeness (QED) is 0.321. The Labute approximate surface area is 192 Å². The van der Waals surface area contributed by atoms with Gasteiger partial charge in [-0.25, -0.2) is 0 Å². The first-order valence-corrected chi connectivity index (χ1v) is 10.4. The first-order valence-electron chi connectivity index (χ1n) is 10.1. The van der Waals surface area contributed by atoms with E-state index in [0.717, 1.165) is 16.8 Å². The van der Waals surface area contributed by atoms with Crippen molar-refractivity contribution in [1.29, 1.82) is 0 Å². The highest BCUT2D eigenvalue weighted by molar-refractivity contribution is 6.34. The van der Waals surface area contributed by atoms with Crippen molar-refractivity contribution < 1.29 is 4.79 Å². The highest BCUT2D eigenvalue weighted by atomic mass is 35.5. The summed E-state index contributed by atoms with van der Waals surface area (Å²) in [6.45, 7) is 0. The minimum Gasteiger partial charge on any atom is -0.321 e. The van der Waals surface area contributed by atoms with Crippen LogP contribution in [0, 0.1) is 0 Å². The standard InChI is InChI=1S/C27H20ClN3O/c28-25-17-24(30-19-21-9-5-2-6-10-21)15-16-26(25)31-27(32)22-11-13-23(14-12-22)29-18-20-7-3-1-4-8-20/h1-19H,(H,31,32). The van der Waals surface area contributed by atoms with E-state index in [2.05, 4.69) is 15.3 Å². The third kappa shape index (κ3) is 5.78. The van der Waals surface area contributed by atoms with Crippen molar-refractivity contribution in [2.45, 2.75) is 0 Å². The molecule has 0 unspecified atom stereocenters. The largest absolute Gasteiger partial charge is 0.321 e. The number of nitrogens with zero attached hydrogens (tertiary/aromatic N) is 2. The molecule has 0 heterocycles. The van der Waals surface area contributed by atoms with Crippen LogP contribution in [-0.2, 0) is 0 Å². The van der Waals surface area contributed by atoms with Crippen LogP contribution < -0.4 is 5.32 Å². The number of carbonyl (C=O) groups is 1. The summed E-state index contributed by atoms with van der Waals surface area (Å²) in [5.41, 5.74) is 4.53. The van der Waals surface area contributed by atoms with Gasteiger partial charge in [-0.2, -0.15) is 0 Å². The van der Waals surface area contributed by atoms with Crippen molar-refractivity contribution in [1.82, 2.24) is 0 Å². The van der Waals surface area contributed by atoms with Gasteiger partial charge in [-0.1, -0.05) is 72.3 Å². The first-order chi connectivity index (χ1) is 15.7. The fraction of sp³-hybridized carbons (Fsp3) is 0. The Hall–Kier alpha value is -4.02. The lowest BCUT2D eigenvalue weighted by Crippen LogP contribution is -2.11. The van der Waals surface area contributed by atoms with E-state index in [1.807, 2.05) is 66.7 Å². The highest BCUT2D eigenvalue weighted by Crippen LogP contribution is 2.27. The molecule has 0 radical (unpaired) electrons. The van der Waals surface area contributed by atoms with Crippen molar-refractivity contribution in [3.8, 4) is 0 Å². The maximum Gasteiger partial charge on any atom is 0.255 e. The number of carbonyl (C=O) groups excluding carboxylic acids is 1. The van der Waals surface area contributed by atoms with Gasteiger partial charge in [-0.05, 0) is 53.6 Å². The SMILES string of the molecule is O=C(Nc1ccc(N=Cc2ccccc2)cc1Cl)c1ccc(N=Cc2ccccc2)cc1. The van der Waals surface area contributed by atoms with E-state index in [4.69, 9.17) is 11.6 Å². The summed E-state index contributed by atoms with van der Waals surface area (Å²) in [6.07, 6.45) is 3.56. The first kappa shape index (κ1) is 21.2. The molecule has 32 heavy (non-hydrogen) atoms. The minimum atomic E-state index is -0.244. The van der Waals surface area contributed by atoms with Gasteiger partial charge in [0.25, 0.3) is 5.91 Å². The van der Waals surface area contributed by atoms with Crippen LogP contribution in [0.5, 0.6) is 0 Å². The lowest BCUT2D eigenvalue weighted by Gasteiger charge is -2.08. The molecular weight excluding hydrogens is 418 g/mol. The number of hydrogen-bond acceptors (Lipinski definition) is 3. The summed E-state index contributed by atoms with van der Waals surface area (Å²) in [6, 6.07) is 32.0. The number of anilines is 1. The number of aliphatic imine (C=N–C) groups is 2. The molecule has 0 aliphatic rings. The lowest BCUT2D eigenvalue weighted by atomic mass is 10.2. The van der Waals surface area contributed by atoms with Crippen LogP contribution in [-0.4, -0.2) is 18.3 Å². The molecule has 4 rings (SSSR count). The van der Waals surface area contributed by atoms with Crippen LogP contribution in [0.15, 0.2) is 113 Å². The maximum atomic E-state index is 12.6. The maximum absolute atomic E-state index is 12.6. The summed E-state index contributed by atoms with van der Waals surface area (Å²) in [5.74, 6) is -0.244. The Morgan fingerprint density at radius 2 is 1.22 bits per heavy atom. The fourth-order valence-electron chi connectivity index (χ4n) is 2.96. The molecule has 1 N–H and O–H groups in total. The Morgan fingerprint density at radius 1 is 0.688 bits per heavy atom. The Bertz CT molecular complexity index is 1250. The number of amides is 1. The van der Waals surface area contributed by atoms with Crippen LogP contribution in [0.1, 0.15) is 21.5 Å². The van der Waals surface area contributed by atoms with E-state index in [0.29, 0.717) is 22.0 Å². The van der Waals surface area contributed by atoms with Gasteiger partial charge < -0.3 is 5.32 Å². The molecule has 0 saturated carbocycles. The van der Waals surface area contributed by atoms with E-state index >= 15 is 0 Å². The van der Waals surface area contributed by atoms with Crippen molar-refractivity contribution in [2.24, 2.45) is 9.98 Å². The monoisotopic (exact) mass is 437 g/mol. The minimum absolute atomic E-state index is 0.244. The highest BCUT2D eigenvalue weighted by Gasteiger charge is 2.09. The van der Waals surface area contributed by atoms with Crippen LogP contribution >= 0.6 is 11.6 Å². The summed E-state index contributed by atoms with van der Waals surface area (Å²) < 4.78 is 0. The van der Waals surface area contributed by atoms with Crippen molar-refractivity contribution in [3.05, 3.63) is 125 Å². The second kappa shape index (κ2) is 10.3. The zero-order valence-corrected chi connectivity index (χ0v) is 17.9.